The lowest BCUT2D eigenvalue weighted by molar-refractivity contribution is 0.343. The Morgan fingerprint density at radius 3 is 2.76 bits per heavy atom. The van der Waals surface area contributed by atoms with Crippen LogP contribution in [0.4, 0.5) is 0 Å². The van der Waals surface area contributed by atoms with Crippen molar-refractivity contribution in [1.29, 1.82) is 0 Å². The highest BCUT2D eigenvalue weighted by Gasteiger charge is 2.22. The Balaban J connectivity index is 1.52. The van der Waals surface area contributed by atoms with E-state index in [2.05, 4.69) is 10.1 Å². The van der Waals surface area contributed by atoms with Gasteiger partial charge in [0.2, 0.25) is 5.88 Å². The van der Waals surface area contributed by atoms with Crippen LogP contribution in [0.1, 0.15) is 12.8 Å². The maximum absolute atomic E-state index is 10.7. The van der Waals surface area contributed by atoms with E-state index in [-0.39, 0.29) is 5.88 Å². The first-order valence-electron chi connectivity index (χ1n) is 9.48. The zero-order valence-corrected chi connectivity index (χ0v) is 16.2. The third kappa shape index (κ3) is 3.16. The van der Waals surface area contributed by atoms with E-state index in [9.17, 15) is 5.11 Å². The summed E-state index contributed by atoms with van der Waals surface area (Å²) in [4.78, 5) is 8.98. The molecule has 1 aliphatic carbocycles. The zero-order chi connectivity index (χ0) is 20.0. The maximum atomic E-state index is 10.7. The number of nitrogens with zero attached hydrogens (tertiary/aromatic N) is 5. The summed E-state index contributed by atoms with van der Waals surface area (Å²) in [5.41, 5.74) is 3.03. The molecule has 0 aromatic carbocycles. The number of aromatic hydroxyl groups is 1. The van der Waals surface area contributed by atoms with E-state index in [1.54, 1.807) is 31.2 Å². The predicted molar refractivity (Wildman–Crippen MR) is 108 cm³/mol. The second kappa shape index (κ2) is 6.80. The van der Waals surface area contributed by atoms with E-state index in [0.29, 0.717) is 22.5 Å². The molecule has 0 aliphatic heterocycles. The van der Waals surface area contributed by atoms with Gasteiger partial charge in [0.1, 0.15) is 0 Å². The lowest BCUT2D eigenvalue weighted by Gasteiger charge is -2.08. The highest BCUT2D eigenvalue weighted by atomic mass is 16.5. The fourth-order valence-corrected chi connectivity index (χ4v) is 3.45. The normalized spacial score (nSPS) is 13.7. The van der Waals surface area contributed by atoms with Crippen molar-refractivity contribution < 1.29 is 14.6 Å². The van der Waals surface area contributed by atoms with Gasteiger partial charge in [-0.25, -0.2) is 9.97 Å². The van der Waals surface area contributed by atoms with Crippen molar-refractivity contribution >= 4 is 10.9 Å². The molecule has 1 fully saturated rings. The maximum Gasteiger partial charge on any atom is 0.256 e. The minimum Gasteiger partial charge on any atom is -0.494 e. The first-order valence-corrected chi connectivity index (χ1v) is 9.48. The first kappa shape index (κ1) is 17.5. The molecule has 0 saturated heterocycles. The quantitative estimate of drug-likeness (QED) is 0.542. The lowest BCUT2D eigenvalue weighted by atomic mass is 10.1. The Labute approximate surface area is 167 Å². The number of fused-ring (bicyclic) bond motifs is 1. The number of hydrogen-bond acceptors (Lipinski definition) is 6. The van der Waals surface area contributed by atoms with Crippen LogP contribution in [-0.4, -0.2) is 43.6 Å². The van der Waals surface area contributed by atoms with Crippen LogP contribution in [0.2, 0.25) is 0 Å². The van der Waals surface area contributed by atoms with Gasteiger partial charge in [-0.1, -0.05) is 0 Å². The second-order valence-electron chi connectivity index (χ2n) is 7.25. The van der Waals surface area contributed by atoms with Crippen molar-refractivity contribution in [3.63, 3.8) is 0 Å². The summed E-state index contributed by atoms with van der Waals surface area (Å²) in [6, 6.07) is 5.54. The molecule has 8 nitrogen and oxygen atoms in total. The fourth-order valence-electron chi connectivity index (χ4n) is 3.45. The monoisotopic (exact) mass is 391 g/mol. The second-order valence-corrected chi connectivity index (χ2v) is 7.25. The number of aromatic nitrogens is 5. The van der Waals surface area contributed by atoms with E-state index in [1.165, 1.54) is 12.8 Å². The van der Waals surface area contributed by atoms with Gasteiger partial charge in [-0.05, 0) is 37.0 Å². The number of rotatable bonds is 6. The average molecular weight is 391 g/mol. The summed E-state index contributed by atoms with van der Waals surface area (Å²) in [7, 11) is 3.12. The molecule has 29 heavy (non-hydrogen) atoms. The van der Waals surface area contributed by atoms with Crippen molar-refractivity contribution in [1.82, 2.24) is 24.3 Å². The third-order valence-electron chi connectivity index (χ3n) is 5.21. The molecule has 0 bridgehead atoms. The highest BCUT2D eigenvalue weighted by molar-refractivity contribution is 5.87. The molecule has 8 heteroatoms. The summed E-state index contributed by atoms with van der Waals surface area (Å²) >= 11 is 0. The number of pyridine rings is 2. The van der Waals surface area contributed by atoms with Gasteiger partial charge in [0.25, 0.3) is 5.88 Å². The van der Waals surface area contributed by atoms with Crippen molar-refractivity contribution in [2.24, 2.45) is 5.92 Å². The molecule has 0 radical (unpaired) electrons. The summed E-state index contributed by atoms with van der Waals surface area (Å²) in [5.74, 6) is 1.84. The van der Waals surface area contributed by atoms with Gasteiger partial charge in [-0.2, -0.15) is 5.10 Å². The molecule has 1 saturated carbocycles. The van der Waals surface area contributed by atoms with Gasteiger partial charge in [0, 0.05) is 30.7 Å². The molecule has 0 amide bonds. The summed E-state index contributed by atoms with van der Waals surface area (Å²) in [6.45, 7) is 0.927. The highest BCUT2D eigenvalue weighted by Crippen LogP contribution is 2.34. The van der Waals surface area contributed by atoms with Crippen molar-refractivity contribution in [2.75, 3.05) is 14.2 Å². The van der Waals surface area contributed by atoms with E-state index in [1.807, 2.05) is 35.3 Å². The van der Waals surface area contributed by atoms with Gasteiger partial charge in [0.05, 0.1) is 42.7 Å². The third-order valence-corrected chi connectivity index (χ3v) is 5.21. The van der Waals surface area contributed by atoms with Gasteiger partial charge in [0.15, 0.2) is 5.75 Å². The Morgan fingerprint density at radius 1 is 1.14 bits per heavy atom. The van der Waals surface area contributed by atoms with Crippen molar-refractivity contribution in [2.45, 2.75) is 19.4 Å². The van der Waals surface area contributed by atoms with E-state index < -0.39 is 0 Å². The summed E-state index contributed by atoms with van der Waals surface area (Å²) in [5, 5.41) is 15.8. The van der Waals surface area contributed by atoms with Crippen LogP contribution in [0, 0.1) is 5.92 Å². The minimum absolute atomic E-state index is 0.149. The minimum atomic E-state index is 0.149. The number of methoxy groups -OCH3 is 2. The molecule has 0 spiro atoms. The smallest absolute Gasteiger partial charge is 0.256 e. The Morgan fingerprint density at radius 2 is 2.00 bits per heavy atom. The summed E-state index contributed by atoms with van der Waals surface area (Å²) in [6.07, 6.45) is 9.77. The van der Waals surface area contributed by atoms with Gasteiger partial charge >= 0.3 is 0 Å². The van der Waals surface area contributed by atoms with E-state index in [0.717, 1.165) is 29.4 Å². The molecular formula is C21H21N5O3. The zero-order valence-electron chi connectivity index (χ0n) is 16.2. The Kier molecular flexibility index (Phi) is 4.12. The molecule has 5 rings (SSSR count). The number of ether oxygens (including phenoxy) is 2. The Bertz CT molecular complexity index is 1190. The molecule has 148 valence electrons. The predicted octanol–water partition coefficient (Wildman–Crippen LogP) is 3.42. The topological polar surface area (TPSA) is 87.2 Å². The van der Waals surface area contributed by atoms with Crippen molar-refractivity contribution in [3.8, 4) is 34.5 Å². The Hall–Kier alpha value is -3.55. The van der Waals surface area contributed by atoms with Crippen LogP contribution >= 0.6 is 0 Å². The standard InChI is InChI=1S/C21H21N5O3/c1-28-19-7-14(8-22-20(19)29-2)17-6-5-16-18(24-17)12-26(21(16)27)15-9-23-25(11-15)10-13-3-4-13/h5-9,11-13,27H,3-4,10H2,1-2H3. The molecule has 0 unspecified atom stereocenters. The van der Waals surface area contributed by atoms with Crippen LogP contribution in [0.25, 0.3) is 27.8 Å². The van der Waals surface area contributed by atoms with Crippen LogP contribution < -0.4 is 9.47 Å². The van der Waals surface area contributed by atoms with E-state index >= 15 is 0 Å². The fraction of sp³-hybridized carbons (Fsp3) is 0.286. The first-order chi connectivity index (χ1) is 14.2. The molecule has 4 aromatic heterocycles. The van der Waals surface area contributed by atoms with Crippen molar-refractivity contribution in [3.05, 3.63) is 43.0 Å². The van der Waals surface area contributed by atoms with Gasteiger partial charge < -0.3 is 14.6 Å². The van der Waals surface area contributed by atoms with Crippen LogP contribution in [0.15, 0.2) is 43.0 Å². The lowest BCUT2D eigenvalue weighted by Crippen LogP contribution is -1.99. The number of hydrogen-bond donors (Lipinski definition) is 1. The van der Waals surface area contributed by atoms with Crippen LogP contribution in [0.3, 0.4) is 0 Å². The largest absolute Gasteiger partial charge is 0.494 e. The summed E-state index contributed by atoms with van der Waals surface area (Å²) < 4.78 is 14.2. The van der Waals surface area contributed by atoms with Crippen LogP contribution in [-0.2, 0) is 6.54 Å². The average Bonchev–Trinajstić information content (AvgIpc) is 3.34. The van der Waals surface area contributed by atoms with E-state index in [4.69, 9.17) is 14.5 Å². The molecule has 1 aliphatic rings. The molecule has 4 aromatic rings. The van der Waals surface area contributed by atoms with Crippen LogP contribution in [0.5, 0.6) is 17.5 Å². The molecule has 4 heterocycles. The molecular weight excluding hydrogens is 370 g/mol. The molecule has 1 N–H and O–H groups in total. The van der Waals surface area contributed by atoms with Gasteiger partial charge in [-0.15, -0.1) is 0 Å². The van der Waals surface area contributed by atoms with Gasteiger partial charge in [-0.3, -0.25) is 9.25 Å². The molecule has 0 atom stereocenters. The SMILES string of the molecule is COc1cc(-c2ccc3c(O)n(-c4cnn(CC5CC5)c4)cc3n2)cnc1OC.